The molecule has 0 aromatic carbocycles. The van der Waals surface area contributed by atoms with E-state index >= 15 is 0 Å². The molecule has 94 valence electrons. The molecule has 0 saturated heterocycles. The molecule has 0 aromatic rings. The predicted octanol–water partition coefficient (Wildman–Crippen LogP) is 4.52. The van der Waals surface area contributed by atoms with E-state index in [4.69, 9.17) is 0 Å². The molecule has 17 heavy (non-hydrogen) atoms. The summed E-state index contributed by atoms with van der Waals surface area (Å²) in [5, 5.41) is 3.36. The van der Waals surface area contributed by atoms with E-state index in [-0.39, 0.29) is 1.43 Å². The highest BCUT2D eigenvalue weighted by Gasteiger charge is 1.96. The van der Waals surface area contributed by atoms with Gasteiger partial charge in [-0.15, -0.1) is 0 Å². The van der Waals surface area contributed by atoms with E-state index in [0.717, 1.165) is 13.0 Å². The molecule has 1 rings (SSSR count). The lowest BCUT2D eigenvalue weighted by Gasteiger charge is -2.06. The maximum atomic E-state index is 3.70. The van der Waals surface area contributed by atoms with Gasteiger partial charge in [-0.05, 0) is 37.3 Å². The van der Waals surface area contributed by atoms with E-state index in [1.807, 2.05) is 12.2 Å². The van der Waals surface area contributed by atoms with Crippen molar-refractivity contribution in [2.24, 2.45) is 0 Å². The van der Waals surface area contributed by atoms with Gasteiger partial charge < -0.3 is 5.32 Å². The highest BCUT2D eigenvalue weighted by molar-refractivity contribution is 5.25. The minimum absolute atomic E-state index is 0. The van der Waals surface area contributed by atoms with E-state index in [1.54, 1.807) is 0 Å². The molecule has 0 amide bonds. The van der Waals surface area contributed by atoms with Crippen LogP contribution in [0.1, 0.15) is 34.0 Å². The van der Waals surface area contributed by atoms with E-state index in [0.29, 0.717) is 0 Å². The van der Waals surface area contributed by atoms with Crippen molar-refractivity contribution in [3.8, 4) is 0 Å². The molecule has 0 bridgehead atoms. The Hall–Kier alpha value is -1.50. The Morgan fingerprint density at radius 2 is 2.47 bits per heavy atom. The van der Waals surface area contributed by atoms with Crippen molar-refractivity contribution in [1.82, 2.24) is 5.32 Å². The summed E-state index contributed by atoms with van der Waals surface area (Å²) in [4.78, 5) is 0. The maximum Gasteiger partial charge on any atom is 0.0330 e. The van der Waals surface area contributed by atoms with Crippen molar-refractivity contribution in [2.75, 3.05) is 6.54 Å². The molecule has 1 nitrogen and oxygen atoms in total. The van der Waals surface area contributed by atoms with Gasteiger partial charge in [0, 0.05) is 13.7 Å². The minimum atomic E-state index is 0. The zero-order valence-corrected chi connectivity index (χ0v) is 10.8. The summed E-state index contributed by atoms with van der Waals surface area (Å²) in [5.41, 5.74) is 2.67. The van der Waals surface area contributed by atoms with Crippen LogP contribution in [0.25, 0.3) is 0 Å². The van der Waals surface area contributed by atoms with Gasteiger partial charge in [0.05, 0.1) is 0 Å². The molecule has 1 aliphatic carbocycles. The van der Waals surface area contributed by atoms with E-state index < -0.39 is 0 Å². The first-order chi connectivity index (χ1) is 8.36. The summed E-state index contributed by atoms with van der Waals surface area (Å²) in [7, 11) is 0. The second-order valence-corrected chi connectivity index (χ2v) is 4.13. The average molecular weight is 231 g/mol. The van der Waals surface area contributed by atoms with Crippen LogP contribution in [0, 0.1) is 0 Å². The van der Waals surface area contributed by atoms with Gasteiger partial charge in [-0.25, -0.2) is 0 Å². The van der Waals surface area contributed by atoms with Crippen LogP contribution in [-0.4, -0.2) is 6.54 Å². The van der Waals surface area contributed by atoms with Gasteiger partial charge >= 0.3 is 0 Å². The van der Waals surface area contributed by atoms with Gasteiger partial charge in [0.25, 0.3) is 0 Å². The zero-order valence-electron chi connectivity index (χ0n) is 10.8. The molecule has 0 aliphatic heterocycles. The molecule has 1 N–H and O–H groups in total. The van der Waals surface area contributed by atoms with Crippen LogP contribution in [0.2, 0.25) is 0 Å². The molecule has 0 heterocycles. The third-order valence-electron chi connectivity index (χ3n) is 2.76. The molecule has 0 unspecified atom stereocenters. The first-order valence-electron chi connectivity index (χ1n) is 6.44. The van der Waals surface area contributed by atoms with Crippen LogP contribution in [0.4, 0.5) is 0 Å². The fourth-order valence-corrected chi connectivity index (χ4v) is 1.77. The molecular formula is C16H25N. The van der Waals surface area contributed by atoms with Crippen molar-refractivity contribution in [1.29, 1.82) is 0 Å². The Morgan fingerprint density at radius 1 is 1.59 bits per heavy atom. The zero-order chi connectivity index (χ0) is 12.3. The number of hydrogen-bond donors (Lipinski definition) is 1. The smallest absolute Gasteiger partial charge is 0.0330 e. The Morgan fingerprint density at radius 3 is 3.12 bits per heavy atom. The molecule has 1 heteroatoms. The predicted molar refractivity (Wildman–Crippen MR) is 78.9 cm³/mol. The fraction of sp³-hybridized carbons (Fsp3) is 0.375. The van der Waals surface area contributed by atoms with Gasteiger partial charge in [0.2, 0.25) is 0 Å². The third-order valence-corrected chi connectivity index (χ3v) is 2.76. The third kappa shape index (κ3) is 5.96. The van der Waals surface area contributed by atoms with E-state index in [1.165, 1.54) is 30.5 Å². The van der Waals surface area contributed by atoms with E-state index in [9.17, 15) is 0 Å². The summed E-state index contributed by atoms with van der Waals surface area (Å²) < 4.78 is 0. The summed E-state index contributed by atoms with van der Waals surface area (Å²) in [5.74, 6) is 0. The largest absolute Gasteiger partial charge is 0.385 e. The molecule has 0 fully saturated rings. The molecule has 0 atom stereocenters. The number of nitrogens with one attached hydrogen (secondary N) is 1. The van der Waals surface area contributed by atoms with Crippen LogP contribution in [0.5, 0.6) is 0 Å². The summed E-state index contributed by atoms with van der Waals surface area (Å²) in [6, 6.07) is 0. The average Bonchev–Trinajstić information content (AvgIpc) is 2.38. The first kappa shape index (κ1) is 13.6. The lowest BCUT2D eigenvalue weighted by atomic mass is 10.0. The van der Waals surface area contributed by atoms with Crippen molar-refractivity contribution in [3.63, 3.8) is 0 Å². The Kier molecular flexibility index (Phi) is 6.89. The van der Waals surface area contributed by atoms with Gasteiger partial charge in [0.1, 0.15) is 0 Å². The van der Waals surface area contributed by atoms with Crippen LogP contribution in [0.3, 0.4) is 0 Å². The molecular weight excluding hydrogens is 206 g/mol. The van der Waals surface area contributed by atoms with Gasteiger partial charge in [-0.3, -0.25) is 0 Å². The number of rotatable bonds is 6. The summed E-state index contributed by atoms with van der Waals surface area (Å²) >= 11 is 0. The van der Waals surface area contributed by atoms with Crippen molar-refractivity contribution in [3.05, 3.63) is 60.4 Å². The quantitative estimate of drug-likeness (QED) is 0.662. The normalized spacial score (nSPS) is 18.9. The summed E-state index contributed by atoms with van der Waals surface area (Å²) in [6.07, 6.45) is 19.6. The van der Waals surface area contributed by atoms with E-state index in [2.05, 4.69) is 49.2 Å². The Balaban J connectivity index is 0.00000289. The van der Waals surface area contributed by atoms with Crippen LogP contribution in [0.15, 0.2) is 60.4 Å². The van der Waals surface area contributed by atoms with Crippen LogP contribution < -0.4 is 5.32 Å². The number of allylic oxidation sites excluding steroid dienone is 8. The van der Waals surface area contributed by atoms with Gasteiger partial charge in [-0.1, -0.05) is 50.0 Å². The van der Waals surface area contributed by atoms with Crippen molar-refractivity contribution < 1.29 is 1.43 Å². The monoisotopic (exact) mass is 231 g/mol. The second kappa shape index (κ2) is 8.63. The van der Waals surface area contributed by atoms with Crippen molar-refractivity contribution >= 4 is 0 Å². The number of hydrogen-bond acceptors (Lipinski definition) is 1. The first-order valence-corrected chi connectivity index (χ1v) is 6.44. The second-order valence-electron chi connectivity index (χ2n) is 4.13. The lowest BCUT2D eigenvalue weighted by molar-refractivity contribution is 0.820. The molecule has 0 aromatic heterocycles. The lowest BCUT2D eigenvalue weighted by Crippen LogP contribution is -2.11. The molecule has 0 radical (unpaired) electrons. The minimum Gasteiger partial charge on any atom is -0.385 e. The summed E-state index contributed by atoms with van der Waals surface area (Å²) in [6.45, 7) is 6.72. The van der Waals surface area contributed by atoms with Crippen molar-refractivity contribution in [2.45, 2.75) is 32.6 Å². The van der Waals surface area contributed by atoms with Crippen LogP contribution >= 0.6 is 0 Å². The Bertz CT molecular complexity index is 348. The molecule has 0 saturated carbocycles. The highest BCUT2D eigenvalue weighted by Crippen LogP contribution is 2.15. The van der Waals surface area contributed by atoms with Crippen LogP contribution in [-0.2, 0) is 0 Å². The standard InChI is InChI=1S/C16H23N.H2/c1-3-10-16(4-2)17-14-9-8-13-15-11-6-5-7-12-15;/h3,6,8-11,13,17H,1,4-5,7,12,14H2,2H3;1H/b9-8-,15-13-,16-10+;. The SMILES string of the molecule is C=C/C=C(\CC)NC/C=C\C=C1\C=CCCC1.[HH]. The fourth-order valence-electron chi connectivity index (χ4n) is 1.77. The topological polar surface area (TPSA) is 12.0 Å². The van der Waals surface area contributed by atoms with Gasteiger partial charge in [-0.2, -0.15) is 0 Å². The Labute approximate surface area is 107 Å². The highest BCUT2D eigenvalue weighted by atomic mass is 14.9. The maximum absolute atomic E-state index is 3.70. The molecule has 1 aliphatic rings. The van der Waals surface area contributed by atoms with Gasteiger partial charge in [0.15, 0.2) is 0 Å². The molecule has 0 spiro atoms.